The zero-order valence-electron chi connectivity index (χ0n) is 10.4. The highest BCUT2D eigenvalue weighted by atomic mass is 19.2. The molecule has 0 spiro atoms. The first-order chi connectivity index (χ1) is 8.41. The number of nitrogens with one attached hydrogen (secondary N) is 1. The van der Waals surface area contributed by atoms with Crippen LogP contribution in [-0.4, -0.2) is 17.6 Å². The standard InChI is InChI=1S/C13H17F2NO2/c1-8(2)10(13(17)18)7-16-6-9-3-4-11(14)12(15)5-9/h3-5,8,10,16H,6-7H2,1-2H3,(H,17,18). The van der Waals surface area contributed by atoms with Gasteiger partial charge in [0.1, 0.15) is 0 Å². The van der Waals surface area contributed by atoms with Gasteiger partial charge in [-0.2, -0.15) is 0 Å². The van der Waals surface area contributed by atoms with Gasteiger partial charge in [-0.15, -0.1) is 0 Å². The molecule has 18 heavy (non-hydrogen) atoms. The molecule has 1 atom stereocenters. The second kappa shape index (κ2) is 6.44. The van der Waals surface area contributed by atoms with Gasteiger partial charge in [-0.25, -0.2) is 8.78 Å². The quantitative estimate of drug-likeness (QED) is 0.822. The van der Waals surface area contributed by atoms with Gasteiger partial charge in [-0.1, -0.05) is 19.9 Å². The summed E-state index contributed by atoms with van der Waals surface area (Å²) in [5.74, 6) is -3.12. The Morgan fingerprint density at radius 3 is 2.50 bits per heavy atom. The highest BCUT2D eigenvalue weighted by Crippen LogP contribution is 2.11. The summed E-state index contributed by atoms with van der Waals surface area (Å²) in [4.78, 5) is 10.9. The van der Waals surface area contributed by atoms with E-state index in [0.717, 1.165) is 12.1 Å². The average molecular weight is 257 g/mol. The molecule has 0 radical (unpaired) electrons. The summed E-state index contributed by atoms with van der Waals surface area (Å²) in [7, 11) is 0. The fraction of sp³-hybridized carbons (Fsp3) is 0.462. The molecular formula is C13H17F2NO2. The molecule has 0 amide bonds. The van der Waals surface area contributed by atoms with Crippen molar-refractivity contribution in [1.82, 2.24) is 5.32 Å². The number of rotatable bonds is 6. The second-order valence-corrected chi connectivity index (χ2v) is 4.57. The molecule has 0 bridgehead atoms. The first-order valence-electron chi connectivity index (χ1n) is 5.79. The fourth-order valence-corrected chi connectivity index (χ4v) is 1.63. The van der Waals surface area contributed by atoms with Gasteiger partial charge in [0.05, 0.1) is 5.92 Å². The van der Waals surface area contributed by atoms with Crippen molar-refractivity contribution in [3.8, 4) is 0 Å². The van der Waals surface area contributed by atoms with Crippen LogP contribution in [0, 0.1) is 23.5 Å². The Bertz CT molecular complexity index is 421. The van der Waals surface area contributed by atoms with E-state index in [4.69, 9.17) is 5.11 Å². The smallest absolute Gasteiger partial charge is 0.308 e. The van der Waals surface area contributed by atoms with E-state index >= 15 is 0 Å². The SMILES string of the molecule is CC(C)C(CNCc1ccc(F)c(F)c1)C(=O)O. The lowest BCUT2D eigenvalue weighted by Crippen LogP contribution is -2.31. The van der Waals surface area contributed by atoms with E-state index in [1.54, 1.807) is 0 Å². The van der Waals surface area contributed by atoms with Crippen LogP contribution >= 0.6 is 0 Å². The molecule has 0 heterocycles. The lowest BCUT2D eigenvalue weighted by atomic mass is 9.96. The van der Waals surface area contributed by atoms with Crippen molar-refractivity contribution in [3.63, 3.8) is 0 Å². The van der Waals surface area contributed by atoms with Gasteiger partial charge in [-0.05, 0) is 23.6 Å². The predicted octanol–water partition coefficient (Wildman–Crippen LogP) is 2.41. The zero-order valence-corrected chi connectivity index (χ0v) is 10.4. The van der Waals surface area contributed by atoms with Crippen LogP contribution in [0.25, 0.3) is 0 Å². The summed E-state index contributed by atoms with van der Waals surface area (Å²) in [5.41, 5.74) is 0.585. The Balaban J connectivity index is 2.50. The van der Waals surface area contributed by atoms with Crippen molar-refractivity contribution in [1.29, 1.82) is 0 Å². The number of carbonyl (C=O) groups is 1. The normalized spacial score (nSPS) is 12.7. The molecule has 0 saturated carbocycles. The highest BCUT2D eigenvalue weighted by Gasteiger charge is 2.20. The molecule has 0 aliphatic rings. The van der Waals surface area contributed by atoms with E-state index in [9.17, 15) is 13.6 Å². The van der Waals surface area contributed by atoms with Gasteiger partial charge in [0.15, 0.2) is 11.6 Å². The molecule has 0 saturated heterocycles. The maximum absolute atomic E-state index is 12.9. The molecular weight excluding hydrogens is 240 g/mol. The first-order valence-corrected chi connectivity index (χ1v) is 5.79. The van der Waals surface area contributed by atoms with Crippen LogP contribution in [0.1, 0.15) is 19.4 Å². The maximum atomic E-state index is 12.9. The molecule has 0 aromatic heterocycles. The van der Waals surface area contributed by atoms with Gasteiger partial charge in [0.2, 0.25) is 0 Å². The molecule has 1 unspecified atom stereocenters. The van der Waals surface area contributed by atoms with Crippen molar-refractivity contribution in [3.05, 3.63) is 35.4 Å². The first kappa shape index (κ1) is 14.6. The molecule has 5 heteroatoms. The van der Waals surface area contributed by atoms with Crippen LogP contribution in [0.15, 0.2) is 18.2 Å². The fourth-order valence-electron chi connectivity index (χ4n) is 1.63. The van der Waals surface area contributed by atoms with Gasteiger partial charge >= 0.3 is 5.97 Å². The zero-order chi connectivity index (χ0) is 13.7. The largest absolute Gasteiger partial charge is 0.481 e. The van der Waals surface area contributed by atoms with Crippen LogP contribution in [-0.2, 0) is 11.3 Å². The number of hydrogen-bond acceptors (Lipinski definition) is 2. The number of hydrogen-bond donors (Lipinski definition) is 2. The van der Waals surface area contributed by atoms with E-state index < -0.39 is 23.5 Å². The maximum Gasteiger partial charge on any atom is 0.308 e. The molecule has 1 rings (SSSR count). The topological polar surface area (TPSA) is 49.3 Å². The Morgan fingerprint density at radius 1 is 1.33 bits per heavy atom. The third kappa shape index (κ3) is 4.07. The molecule has 3 nitrogen and oxygen atoms in total. The van der Waals surface area contributed by atoms with Crippen molar-refractivity contribution in [2.45, 2.75) is 20.4 Å². The summed E-state index contributed by atoms with van der Waals surface area (Å²) >= 11 is 0. The molecule has 1 aromatic carbocycles. The average Bonchev–Trinajstić information content (AvgIpc) is 2.28. The summed E-state index contributed by atoms with van der Waals surface area (Å²) in [6.45, 7) is 4.27. The van der Waals surface area contributed by atoms with Crippen molar-refractivity contribution in [2.75, 3.05) is 6.54 Å². The third-order valence-electron chi connectivity index (χ3n) is 2.80. The number of carboxylic acids is 1. The summed E-state index contributed by atoms with van der Waals surface area (Å²) in [6.07, 6.45) is 0. The van der Waals surface area contributed by atoms with E-state index in [0.29, 0.717) is 18.7 Å². The number of aliphatic carboxylic acids is 1. The van der Waals surface area contributed by atoms with E-state index in [2.05, 4.69) is 5.32 Å². The van der Waals surface area contributed by atoms with Gasteiger partial charge in [0.25, 0.3) is 0 Å². The van der Waals surface area contributed by atoms with Crippen LogP contribution in [0.4, 0.5) is 8.78 Å². The van der Waals surface area contributed by atoms with Crippen LogP contribution in [0.2, 0.25) is 0 Å². The number of halogens is 2. The summed E-state index contributed by atoms with van der Waals surface area (Å²) in [6, 6.07) is 3.63. The number of carboxylic acid groups (broad SMARTS) is 1. The van der Waals surface area contributed by atoms with Crippen molar-refractivity contribution >= 4 is 5.97 Å². The number of benzene rings is 1. The minimum absolute atomic E-state index is 0.0138. The summed E-state index contributed by atoms with van der Waals surface area (Å²) < 4.78 is 25.6. The van der Waals surface area contributed by atoms with Gasteiger partial charge in [-0.3, -0.25) is 4.79 Å². The Kier molecular flexibility index (Phi) is 5.22. The van der Waals surface area contributed by atoms with E-state index in [-0.39, 0.29) is 5.92 Å². The molecule has 2 N–H and O–H groups in total. The lowest BCUT2D eigenvalue weighted by molar-refractivity contribution is -0.143. The molecule has 100 valence electrons. The molecule has 0 aliphatic carbocycles. The molecule has 1 aromatic rings. The second-order valence-electron chi connectivity index (χ2n) is 4.57. The highest BCUT2D eigenvalue weighted by molar-refractivity contribution is 5.70. The monoisotopic (exact) mass is 257 g/mol. The van der Waals surface area contributed by atoms with Crippen LogP contribution < -0.4 is 5.32 Å². The minimum Gasteiger partial charge on any atom is -0.481 e. The molecule has 0 fully saturated rings. The van der Waals surface area contributed by atoms with Crippen molar-refractivity contribution < 1.29 is 18.7 Å². The van der Waals surface area contributed by atoms with Crippen LogP contribution in [0.3, 0.4) is 0 Å². The van der Waals surface area contributed by atoms with Crippen molar-refractivity contribution in [2.24, 2.45) is 11.8 Å². The predicted molar refractivity (Wildman–Crippen MR) is 64.0 cm³/mol. The van der Waals surface area contributed by atoms with E-state index in [1.165, 1.54) is 6.07 Å². The van der Waals surface area contributed by atoms with Gasteiger partial charge < -0.3 is 10.4 Å². The van der Waals surface area contributed by atoms with Crippen LogP contribution in [0.5, 0.6) is 0 Å². The molecule has 0 aliphatic heterocycles. The van der Waals surface area contributed by atoms with E-state index in [1.807, 2.05) is 13.8 Å². The van der Waals surface area contributed by atoms with Gasteiger partial charge in [0, 0.05) is 13.1 Å². The minimum atomic E-state index is -0.895. The lowest BCUT2D eigenvalue weighted by Gasteiger charge is -2.16. The Morgan fingerprint density at radius 2 is 2.00 bits per heavy atom. The Labute approximate surface area is 105 Å². The third-order valence-corrected chi connectivity index (χ3v) is 2.80. The Hall–Kier alpha value is -1.49. The summed E-state index contributed by atoms with van der Waals surface area (Å²) in [5, 5.41) is 11.9.